The molecule has 2 aromatic rings. The number of carboxylic acids is 1. The maximum atomic E-state index is 11.3. The van der Waals surface area contributed by atoms with Crippen LogP contribution < -0.4 is 4.74 Å². The summed E-state index contributed by atoms with van der Waals surface area (Å²) < 4.78 is 5.07. The Morgan fingerprint density at radius 1 is 1.27 bits per heavy atom. The van der Waals surface area contributed by atoms with Gasteiger partial charge >= 0.3 is 5.97 Å². The van der Waals surface area contributed by atoms with Crippen molar-refractivity contribution in [1.29, 1.82) is 0 Å². The molecular formula is C17H19NO8. The number of pyridine rings is 1. The molecule has 0 unspecified atom stereocenters. The summed E-state index contributed by atoms with van der Waals surface area (Å²) >= 11 is 0. The molecule has 4 atom stereocenters. The molecule has 0 spiro atoms. The molecule has 5 N–H and O–H groups in total. The molecule has 1 aromatic heterocycles. The SMILES string of the molecule is COc1ccc2c([C@@](O)([C@H](O)C(=O)O)[C@H](O)[C@@](C)(O)C=O)ccnc2c1. The molecule has 1 heterocycles. The molecule has 1 aromatic carbocycles. The number of aliphatic carboxylic acids is 1. The summed E-state index contributed by atoms with van der Waals surface area (Å²) in [6, 6.07) is 5.63. The van der Waals surface area contributed by atoms with Gasteiger partial charge in [-0.2, -0.15) is 0 Å². The van der Waals surface area contributed by atoms with Gasteiger partial charge in [0.1, 0.15) is 17.5 Å². The lowest BCUT2D eigenvalue weighted by molar-refractivity contribution is -0.212. The van der Waals surface area contributed by atoms with E-state index in [9.17, 15) is 35.1 Å². The fourth-order valence-corrected chi connectivity index (χ4v) is 2.75. The number of ether oxygens (including phenoxy) is 1. The Morgan fingerprint density at radius 3 is 2.46 bits per heavy atom. The quantitative estimate of drug-likeness (QED) is 0.396. The number of carbonyl (C=O) groups excluding carboxylic acids is 1. The first-order valence-electron chi connectivity index (χ1n) is 7.52. The molecule has 0 saturated carbocycles. The molecule has 0 radical (unpaired) electrons. The van der Waals surface area contributed by atoms with Gasteiger partial charge in [0.2, 0.25) is 0 Å². The van der Waals surface area contributed by atoms with Crippen LogP contribution in [-0.2, 0) is 15.2 Å². The van der Waals surface area contributed by atoms with Crippen molar-refractivity contribution in [2.75, 3.05) is 7.11 Å². The van der Waals surface area contributed by atoms with Crippen LogP contribution >= 0.6 is 0 Å². The number of aldehydes is 1. The summed E-state index contributed by atoms with van der Waals surface area (Å²) in [5.74, 6) is -1.42. The molecular weight excluding hydrogens is 346 g/mol. The molecule has 0 bridgehead atoms. The van der Waals surface area contributed by atoms with E-state index < -0.39 is 29.4 Å². The molecule has 26 heavy (non-hydrogen) atoms. The summed E-state index contributed by atoms with van der Waals surface area (Å²) in [5, 5.41) is 51.0. The predicted molar refractivity (Wildman–Crippen MR) is 88.5 cm³/mol. The zero-order valence-corrected chi connectivity index (χ0v) is 14.0. The Hall–Kier alpha value is -2.59. The number of hydrogen-bond acceptors (Lipinski definition) is 8. The van der Waals surface area contributed by atoms with Gasteiger partial charge in [0.05, 0.1) is 12.6 Å². The minimum atomic E-state index is -2.91. The topological polar surface area (TPSA) is 157 Å². The molecule has 0 aliphatic rings. The molecule has 140 valence electrons. The van der Waals surface area contributed by atoms with Crippen molar-refractivity contribution in [3.8, 4) is 5.75 Å². The highest BCUT2D eigenvalue weighted by molar-refractivity contribution is 5.86. The van der Waals surface area contributed by atoms with Gasteiger partial charge in [0, 0.05) is 23.2 Å². The first-order valence-corrected chi connectivity index (χ1v) is 7.52. The van der Waals surface area contributed by atoms with Crippen molar-refractivity contribution in [2.24, 2.45) is 0 Å². The van der Waals surface area contributed by atoms with E-state index in [1.54, 1.807) is 0 Å². The summed E-state index contributed by atoms with van der Waals surface area (Å²) in [5.41, 5.74) is -5.40. The third-order valence-corrected chi connectivity index (χ3v) is 4.24. The number of nitrogens with zero attached hydrogens (tertiary/aromatic N) is 1. The van der Waals surface area contributed by atoms with Gasteiger partial charge in [-0.3, -0.25) is 4.98 Å². The Labute approximate surface area is 148 Å². The highest BCUT2D eigenvalue weighted by Gasteiger charge is 2.55. The van der Waals surface area contributed by atoms with Crippen LogP contribution in [0.1, 0.15) is 12.5 Å². The third-order valence-electron chi connectivity index (χ3n) is 4.24. The van der Waals surface area contributed by atoms with Crippen LogP contribution in [0.25, 0.3) is 10.9 Å². The Kier molecular flexibility index (Phi) is 5.28. The second-order valence-corrected chi connectivity index (χ2v) is 6.05. The van der Waals surface area contributed by atoms with Gasteiger partial charge in [-0.15, -0.1) is 0 Å². The number of benzene rings is 1. The summed E-state index contributed by atoms with van der Waals surface area (Å²) in [6.07, 6.45) is -3.73. The maximum absolute atomic E-state index is 11.3. The standard InChI is InChI=1S/C17H19NO8/c1-16(24,8-19)15(23)17(25,13(20)14(21)22)11-5-6-18-12-7-9(26-2)3-4-10(11)12/h3-8,13,15,20,23-25H,1-2H3,(H,21,22)/t13-,15-,16+,17-/m1/s1. The van der Waals surface area contributed by atoms with Crippen molar-refractivity contribution in [1.82, 2.24) is 4.98 Å². The number of aromatic nitrogens is 1. The number of methoxy groups -OCH3 is 1. The number of carboxylic acid groups (broad SMARTS) is 1. The first-order chi connectivity index (χ1) is 12.1. The van der Waals surface area contributed by atoms with Crippen LogP contribution in [-0.4, -0.2) is 67.7 Å². The molecule has 0 fully saturated rings. The number of aliphatic hydroxyl groups is 4. The maximum Gasteiger partial charge on any atom is 0.336 e. The number of aliphatic hydroxyl groups excluding tert-OH is 2. The summed E-state index contributed by atoms with van der Waals surface area (Å²) in [7, 11) is 1.43. The smallest absolute Gasteiger partial charge is 0.336 e. The zero-order valence-electron chi connectivity index (χ0n) is 14.0. The molecule has 0 amide bonds. The van der Waals surface area contributed by atoms with Crippen molar-refractivity contribution >= 4 is 23.2 Å². The Morgan fingerprint density at radius 2 is 1.92 bits per heavy atom. The van der Waals surface area contributed by atoms with Crippen molar-refractivity contribution in [3.63, 3.8) is 0 Å². The lowest BCUT2D eigenvalue weighted by atomic mass is 9.75. The predicted octanol–water partition coefficient (Wildman–Crippen LogP) is -0.813. The van der Waals surface area contributed by atoms with Gasteiger partial charge in [0.15, 0.2) is 18.0 Å². The minimum absolute atomic E-state index is 0.0520. The van der Waals surface area contributed by atoms with Crippen molar-refractivity contribution < 1.29 is 39.9 Å². The minimum Gasteiger partial charge on any atom is -0.497 e. The summed E-state index contributed by atoms with van der Waals surface area (Å²) in [6.45, 7) is 0.886. The second-order valence-electron chi connectivity index (χ2n) is 6.05. The molecule has 0 saturated heterocycles. The van der Waals surface area contributed by atoms with E-state index in [0.717, 1.165) is 6.92 Å². The third kappa shape index (κ3) is 3.13. The largest absolute Gasteiger partial charge is 0.497 e. The fraction of sp³-hybridized carbons (Fsp3) is 0.353. The number of carbonyl (C=O) groups is 2. The van der Waals surface area contributed by atoms with E-state index in [4.69, 9.17) is 4.74 Å². The van der Waals surface area contributed by atoms with E-state index in [0.29, 0.717) is 5.75 Å². The van der Waals surface area contributed by atoms with Crippen LogP contribution in [0.15, 0.2) is 30.5 Å². The second kappa shape index (κ2) is 6.96. The van der Waals surface area contributed by atoms with E-state index in [1.807, 2.05) is 0 Å². The van der Waals surface area contributed by atoms with Gasteiger partial charge in [-0.05, 0) is 25.1 Å². The molecule has 9 nitrogen and oxygen atoms in total. The Bertz CT molecular complexity index is 837. The van der Waals surface area contributed by atoms with Crippen LogP contribution in [0.2, 0.25) is 0 Å². The van der Waals surface area contributed by atoms with E-state index in [1.165, 1.54) is 37.6 Å². The normalized spacial score (nSPS) is 18.4. The molecule has 9 heteroatoms. The number of rotatable bonds is 7. The van der Waals surface area contributed by atoms with E-state index >= 15 is 0 Å². The lowest BCUT2D eigenvalue weighted by Gasteiger charge is -2.40. The summed E-state index contributed by atoms with van der Waals surface area (Å²) in [4.78, 5) is 26.5. The highest BCUT2D eigenvalue weighted by atomic mass is 16.5. The van der Waals surface area contributed by atoms with Crippen molar-refractivity contribution in [3.05, 3.63) is 36.0 Å². The van der Waals surface area contributed by atoms with Crippen LogP contribution in [0.4, 0.5) is 0 Å². The van der Waals surface area contributed by atoms with Crippen LogP contribution in [0.5, 0.6) is 5.75 Å². The molecule has 0 aliphatic heterocycles. The fourth-order valence-electron chi connectivity index (χ4n) is 2.75. The number of hydrogen-bond donors (Lipinski definition) is 5. The zero-order chi connectivity index (χ0) is 19.7. The van der Waals surface area contributed by atoms with E-state index in [-0.39, 0.29) is 22.8 Å². The van der Waals surface area contributed by atoms with Gasteiger partial charge in [-0.1, -0.05) is 0 Å². The van der Waals surface area contributed by atoms with Crippen LogP contribution in [0, 0.1) is 0 Å². The number of fused-ring (bicyclic) bond motifs is 1. The monoisotopic (exact) mass is 365 g/mol. The highest BCUT2D eigenvalue weighted by Crippen LogP contribution is 2.38. The van der Waals surface area contributed by atoms with Gasteiger partial charge in [0.25, 0.3) is 0 Å². The van der Waals surface area contributed by atoms with Crippen molar-refractivity contribution in [2.45, 2.75) is 30.3 Å². The van der Waals surface area contributed by atoms with Gasteiger partial charge in [-0.25, -0.2) is 4.79 Å². The van der Waals surface area contributed by atoms with E-state index in [2.05, 4.69) is 4.98 Å². The molecule has 2 rings (SSSR count). The first kappa shape index (κ1) is 19.7. The average Bonchev–Trinajstić information content (AvgIpc) is 2.64. The van der Waals surface area contributed by atoms with Gasteiger partial charge < -0.3 is 35.1 Å². The average molecular weight is 365 g/mol. The van der Waals surface area contributed by atoms with Crippen LogP contribution in [0.3, 0.4) is 0 Å². The Balaban J connectivity index is 2.80. The lowest BCUT2D eigenvalue weighted by Crippen LogP contribution is -2.61. The molecule has 0 aliphatic carbocycles.